The first-order chi connectivity index (χ1) is 13.5. The summed E-state index contributed by atoms with van der Waals surface area (Å²) in [7, 11) is 1.65. The Morgan fingerprint density at radius 3 is 2.86 bits per heavy atom. The van der Waals surface area contributed by atoms with Gasteiger partial charge in [0, 0.05) is 26.0 Å². The first-order valence-electron chi connectivity index (χ1n) is 8.70. The number of amides is 1. The molecule has 0 bridgehead atoms. The highest BCUT2D eigenvalue weighted by Crippen LogP contribution is 2.29. The van der Waals surface area contributed by atoms with Crippen LogP contribution in [-0.2, 0) is 20.1 Å². The zero-order chi connectivity index (χ0) is 19.7. The second-order valence-corrected chi connectivity index (χ2v) is 7.50. The van der Waals surface area contributed by atoms with E-state index in [1.54, 1.807) is 43.6 Å². The van der Waals surface area contributed by atoms with Gasteiger partial charge in [-0.15, -0.1) is 11.3 Å². The molecule has 4 aromatic rings. The Hall–Kier alpha value is -3.26. The van der Waals surface area contributed by atoms with Crippen LogP contribution in [0.2, 0.25) is 0 Å². The summed E-state index contributed by atoms with van der Waals surface area (Å²) >= 11 is 1.24. The normalized spacial score (nSPS) is 11.1. The van der Waals surface area contributed by atoms with Crippen molar-refractivity contribution in [2.45, 2.75) is 20.0 Å². The van der Waals surface area contributed by atoms with E-state index >= 15 is 0 Å². The number of aryl methyl sites for hydroxylation is 2. The van der Waals surface area contributed by atoms with Crippen LogP contribution in [0.25, 0.3) is 10.2 Å². The molecule has 4 heterocycles. The zero-order valence-corrected chi connectivity index (χ0v) is 16.3. The zero-order valence-electron chi connectivity index (χ0n) is 15.5. The van der Waals surface area contributed by atoms with E-state index in [1.165, 1.54) is 22.2 Å². The molecule has 142 valence electrons. The predicted molar refractivity (Wildman–Crippen MR) is 106 cm³/mol. The van der Waals surface area contributed by atoms with Crippen LogP contribution in [0.1, 0.15) is 26.6 Å². The van der Waals surface area contributed by atoms with E-state index in [0.29, 0.717) is 39.5 Å². The molecule has 0 unspecified atom stereocenters. The average molecular weight is 394 g/mol. The number of fused-ring (bicyclic) bond motifs is 1. The molecule has 0 aliphatic rings. The van der Waals surface area contributed by atoms with Gasteiger partial charge in [0.25, 0.3) is 11.5 Å². The predicted octanol–water partition coefficient (Wildman–Crippen LogP) is 3.13. The Kier molecular flexibility index (Phi) is 4.79. The first kappa shape index (κ1) is 18.1. The molecule has 4 aromatic heterocycles. The summed E-state index contributed by atoms with van der Waals surface area (Å²) in [4.78, 5) is 37.1. The van der Waals surface area contributed by atoms with E-state index in [1.807, 2.05) is 18.2 Å². The molecule has 0 N–H and O–H groups in total. The number of furan rings is 1. The summed E-state index contributed by atoms with van der Waals surface area (Å²) in [6.45, 7) is 2.50. The molecular formula is C20H18N4O3S. The van der Waals surface area contributed by atoms with E-state index < -0.39 is 0 Å². The fraction of sp³-hybridized carbons (Fsp3) is 0.200. The fourth-order valence-corrected chi connectivity index (χ4v) is 4.17. The van der Waals surface area contributed by atoms with Crippen molar-refractivity contribution < 1.29 is 9.21 Å². The largest absolute Gasteiger partial charge is 0.467 e. The molecule has 0 fully saturated rings. The number of pyridine rings is 1. The minimum absolute atomic E-state index is 0.150. The lowest BCUT2D eigenvalue weighted by Gasteiger charge is -2.21. The quantitative estimate of drug-likeness (QED) is 0.519. The van der Waals surface area contributed by atoms with Crippen molar-refractivity contribution in [1.82, 2.24) is 19.4 Å². The molecule has 0 aliphatic carbocycles. The van der Waals surface area contributed by atoms with Gasteiger partial charge in [0.15, 0.2) is 0 Å². The fourth-order valence-electron chi connectivity index (χ4n) is 3.06. The van der Waals surface area contributed by atoms with Gasteiger partial charge in [-0.25, -0.2) is 4.98 Å². The molecule has 0 aromatic carbocycles. The van der Waals surface area contributed by atoms with Gasteiger partial charge in [-0.3, -0.25) is 14.6 Å². The van der Waals surface area contributed by atoms with Crippen LogP contribution in [0.3, 0.4) is 0 Å². The van der Waals surface area contributed by atoms with Crippen LogP contribution >= 0.6 is 11.3 Å². The lowest BCUT2D eigenvalue weighted by atomic mass is 10.2. The van der Waals surface area contributed by atoms with Gasteiger partial charge in [0.1, 0.15) is 10.6 Å². The average Bonchev–Trinajstić information content (AvgIpc) is 3.33. The maximum Gasteiger partial charge on any atom is 0.265 e. The number of aromatic nitrogens is 3. The van der Waals surface area contributed by atoms with Crippen LogP contribution in [0, 0.1) is 6.92 Å². The SMILES string of the molecule is Cc1c(C(=O)N(Cc2cccnc2)Cc2ccco2)sc2ncn(C)c(=O)c12. The molecule has 0 spiro atoms. The van der Waals surface area contributed by atoms with E-state index in [0.717, 1.165) is 5.56 Å². The van der Waals surface area contributed by atoms with Crippen molar-refractivity contribution in [3.05, 3.63) is 81.4 Å². The number of nitrogens with zero attached hydrogens (tertiary/aromatic N) is 4. The lowest BCUT2D eigenvalue weighted by Crippen LogP contribution is -2.30. The summed E-state index contributed by atoms with van der Waals surface area (Å²) in [6, 6.07) is 7.38. The lowest BCUT2D eigenvalue weighted by molar-refractivity contribution is 0.0722. The van der Waals surface area contributed by atoms with Gasteiger partial charge in [-0.2, -0.15) is 0 Å². The van der Waals surface area contributed by atoms with Gasteiger partial charge in [-0.05, 0) is 36.2 Å². The van der Waals surface area contributed by atoms with Crippen molar-refractivity contribution in [2.24, 2.45) is 7.05 Å². The number of carbonyl (C=O) groups excluding carboxylic acids is 1. The maximum atomic E-state index is 13.4. The molecule has 8 heteroatoms. The minimum atomic E-state index is -0.164. The van der Waals surface area contributed by atoms with Crippen LogP contribution < -0.4 is 5.56 Å². The van der Waals surface area contributed by atoms with E-state index in [2.05, 4.69) is 9.97 Å². The topological polar surface area (TPSA) is 81.2 Å². The van der Waals surface area contributed by atoms with Gasteiger partial charge in [0.05, 0.1) is 29.4 Å². The van der Waals surface area contributed by atoms with Gasteiger partial charge >= 0.3 is 0 Å². The van der Waals surface area contributed by atoms with Crippen molar-refractivity contribution in [2.75, 3.05) is 0 Å². The minimum Gasteiger partial charge on any atom is -0.467 e. The molecule has 28 heavy (non-hydrogen) atoms. The number of hydrogen-bond donors (Lipinski definition) is 0. The van der Waals surface area contributed by atoms with Gasteiger partial charge < -0.3 is 13.9 Å². The Morgan fingerprint density at radius 2 is 2.14 bits per heavy atom. The summed E-state index contributed by atoms with van der Waals surface area (Å²) in [5, 5.41) is 0.498. The molecule has 0 aliphatic heterocycles. The van der Waals surface area contributed by atoms with Crippen LogP contribution in [0.4, 0.5) is 0 Å². The summed E-state index contributed by atoms with van der Waals surface area (Å²) in [5.41, 5.74) is 1.42. The Morgan fingerprint density at radius 1 is 1.29 bits per heavy atom. The molecule has 0 saturated carbocycles. The smallest absolute Gasteiger partial charge is 0.265 e. The van der Waals surface area contributed by atoms with E-state index in [4.69, 9.17) is 4.42 Å². The van der Waals surface area contributed by atoms with Crippen molar-refractivity contribution >= 4 is 27.5 Å². The third-order valence-corrected chi connectivity index (χ3v) is 5.70. The standard InChI is InChI=1S/C20H18N4O3S/c1-13-16-18(22-12-23(2)19(16)25)28-17(13)20(26)24(11-15-6-4-8-27-15)10-14-5-3-7-21-9-14/h3-9,12H,10-11H2,1-2H3. The Bertz CT molecular complexity index is 1180. The van der Waals surface area contributed by atoms with Crippen LogP contribution in [-0.4, -0.2) is 25.3 Å². The van der Waals surface area contributed by atoms with Gasteiger partial charge in [0.2, 0.25) is 0 Å². The first-order valence-corrected chi connectivity index (χ1v) is 9.51. The number of thiophene rings is 1. The second kappa shape index (κ2) is 7.40. The highest BCUT2D eigenvalue weighted by atomic mass is 32.1. The highest BCUT2D eigenvalue weighted by Gasteiger charge is 2.24. The molecule has 0 saturated heterocycles. The molecular weight excluding hydrogens is 376 g/mol. The number of carbonyl (C=O) groups is 1. The van der Waals surface area contributed by atoms with E-state index in [9.17, 15) is 9.59 Å². The monoisotopic (exact) mass is 394 g/mol. The van der Waals surface area contributed by atoms with Gasteiger partial charge in [-0.1, -0.05) is 6.07 Å². The summed E-state index contributed by atoms with van der Waals surface area (Å²) in [5.74, 6) is 0.521. The molecule has 1 amide bonds. The summed E-state index contributed by atoms with van der Waals surface area (Å²) in [6.07, 6.45) is 6.49. The molecule has 0 atom stereocenters. The summed E-state index contributed by atoms with van der Waals surface area (Å²) < 4.78 is 6.86. The van der Waals surface area contributed by atoms with Crippen molar-refractivity contribution in [3.63, 3.8) is 0 Å². The number of rotatable bonds is 5. The van der Waals surface area contributed by atoms with E-state index in [-0.39, 0.29) is 11.5 Å². The molecule has 7 nitrogen and oxygen atoms in total. The Balaban J connectivity index is 1.74. The van der Waals surface area contributed by atoms with Crippen LogP contribution in [0.15, 0.2) is 58.5 Å². The maximum absolute atomic E-state index is 13.4. The van der Waals surface area contributed by atoms with Crippen molar-refractivity contribution in [3.8, 4) is 0 Å². The molecule has 0 radical (unpaired) electrons. The third kappa shape index (κ3) is 3.34. The van der Waals surface area contributed by atoms with Crippen LogP contribution in [0.5, 0.6) is 0 Å². The van der Waals surface area contributed by atoms with Crippen molar-refractivity contribution in [1.29, 1.82) is 0 Å². The molecule has 4 rings (SSSR count). The number of hydrogen-bond acceptors (Lipinski definition) is 6. The second-order valence-electron chi connectivity index (χ2n) is 6.50. The highest BCUT2D eigenvalue weighted by molar-refractivity contribution is 7.20. The Labute approximate surface area is 164 Å². The third-order valence-electron chi connectivity index (χ3n) is 4.52.